The number of carbonyl (C=O) groups excluding carboxylic acids is 3. The van der Waals surface area contributed by atoms with Crippen LogP contribution >= 0.6 is 0 Å². The number of rotatable bonds is 5. The van der Waals surface area contributed by atoms with Crippen molar-refractivity contribution < 1.29 is 54.2 Å². The van der Waals surface area contributed by atoms with Crippen LogP contribution in [-0.2, 0) is 9.59 Å². The number of hydrogen-bond acceptors (Lipinski definition) is 5. The first-order valence-electron chi connectivity index (χ1n) is 8.21. The molecule has 0 bridgehead atoms. The second kappa shape index (κ2) is 7.92. The Hall–Kier alpha value is -1.67. The van der Waals surface area contributed by atoms with Crippen molar-refractivity contribution in [2.45, 2.75) is 32.4 Å². The van der Waals surface area contributed by atoms with Crippen LogP contribution in [0.25, 0.3) is 5.57 Å². The molecule has 2 amide bonds. The number of amides is 2. The Morgan fingerprint density at radius 2 is 2.12 bits per heavy atom. The molecule has 0 radical (unpaired) electrons. The largest absolute Gasteiger partial charge is 1.00 e. The second-order valence-corrected chi connectivity index (χ2v) is 6.30. The molecule has 0 aliphatic carbocycles. The summed E-state index contributed by atoms with van der Waals surface area (Å²) in [6.07, 6.45) is -0.540. The van der Waals surface area contributed by atoms with Gasteiger partial charge in [0.25, 0.3) is 5.91 Å². The first kappa shape index (κ1) is 20.6. The number of aliphatic hydroxyl groups is 1. The SMILES string of the molecule is CCNC(=O)c1cccc(C2=C(C(=O)[O-])N3C(=O)[C@H]([C@@H](C)O)[C@H]3C2)c1.[Na+]. The molecule has 7 nitrogen and oxygen atoms in total. The minimum absolute atomic E-state index is 0. The third-order valence-corrected chi connectivity index (χ3v) is 4.73. The molecule has 2 N–H and O–H groups in total. The maximum absolute atomic E-state index is 12.2. The van der Waals surface area contributed by atoms with E-state index in [1.807, 2.05) is 6.92 Å². The van der Waals surface area contributed by atoms with Crippen molar-refractivity contribution in [3.63, 3.8) is 0 Å². The zero-order valence-electron chi connectivity index (χ0n) is 15.0. The topological polar surface area (TPSA) is 110 Å². The van der Waals surface area contributed by atoms with Crippen LogP contribution in [0.4, 0.5) is 0 Å². The maximum atomic E-state index is 12.2. The molecule has 2 heterocycles. The molecule has 1 saturated heterocycles. The summed E-state index contributed by atoms with van der Waals surface area (Å²) in [7, 11) is 0. The van der Waals surface area contributed by atoms with Crippen molar-refractivity contribution in [1.29, 1.82) is 0 Å². The summed E-state index contributed by atoms with van der Waals surface area (Å²) in [4.78, 5) is 37.0. The van der Waals surface area contributed by atoms with Gasteiger partial charge in [-0.2, -0.15) is 0 Å². The molecule has 132 valence electrons. The van der Waals surface area contributed by atoms with Crippen LogP contribution in [0.3, 0.4) is 0 Å². The van der Waals surface area contributed by atoms with E-state index in [0.717, 1.165) is 0 Å². The van der Waals surface area contributed by atoms with E-state index in [-0.39, 0.29) is 47.2 Å². The maximum Gasteiger partial charge on any atom is 1.00 e. The zero-order valence-corrected chi connectivity index (χ0v) is 17.0. The Morgan fingerprint density at radius 1 is 1.42 bits per heavy atom. The van der Waals surface area contributed by atoms with Crippen LogP contribution < -0.4 is 40.0 Å². The number of carboxylic acid groups (broad SMARTS) is 1. The molecule has 0 unspecified atom stereocenters. The summed E-state index contributed by atoms with van der Waals surface area (Å²) in [5, 5.41) is 24.1. The van der Waals surface area contributed by atoms with E-state index in [9.17, 15) is 24.6 Å². The van der Waals surface area contributed by atoms with Crippen molar-refractivity contribution in [2.75, 3.05) is 6.54 Å². The molecule has 2 aliphatic heterocycles. The van der Waals surface area contributed by atoms with Gasteiger partial charge in [-0.15, -0.1) is 0 Å². The first-order valence-corrected chi connectivity index (χ1v) is 8.21. The Labute approximate surface area is 173 Å². The van der Waals surface area contributed by atoms with Crippen LogP contribution in [0.1, 0.15) is 36.2 Å². The number of benzene rings is 1. The molecule has 1 fully saturated rings. The van der Waals surface area contributed by atoms with Crippen LogP contribution in [0.15, 0.2) is 30.0 Å². The number of hydrogen-bond donors (Lipinski definition) is 2. The van der Waals surface area contributed by atoms with E-state index in [0.29, 0.717) is 29.7 Å². The summed E-state index contributed by atoms with van der Waals surface area (Å²) in [5.74, 6) is -2.70. The fraction of sp³-hybridized carbons (Fsp3) is 0.389. The molecule has 8 heteroatoms. The van der Waals surface area contributed by atoms with E-state index in [4.69, 9.17) is 0 Å². The van der Waals surface area contributed by atoms with Gasteiger partial charge in [0.15, 0.2) is 0 Å². The Morgan fingerprint density at radius 3 is 2.69 bits per heavy atom. The number of fused-ring (bicyclic) bond motifs is 1. The normalized spacial score (nSPS) is 22.3. The minimum Gasteiger partial charge on any atom is -0.543 e. The summed E-state index contributed by atoms with van der Waals surface area (Å²) >= 11 is 0. The molecule has 1 aromatic rings. The van der Waals surface area contributed by atoms with Gasteiger partial charge < -0.3 is 25.2 Å². The Bertz CT molecular complexity index is 790. The number of nitrogens with one attached hydrogen (secondary N) is 1. The van der Waals surface area contributed by atoms with Crippen molar-refractivity contribution in [3.05, 3.63) is 41.1 Å². The van der Waals surface area contributed by atoms with Gasteiger partial charge in [-0.05, 0) is 43.5 Å². The monoisotopic (exact) mass is 366 g/mol. The van der Waals surface area contributed by atoms with Gasteiger partial charge in [0, 0.05) is 12.1 Å². The van der Waals surface area contributed by atoms with Crippen molar-refractivity contribution in [2.24, 2.45) is 5.92 Å². The first-order chi connectivity index (χ1) is 11.9. The van der Waals surface area contributed by atoms with Crippen molar-refractivity contribution in [1.82, 2.24) is 10.2 Å². The van der Waals surface area contributed by atoms with E-state index in [2.05, 4.69) is 5.32 Å². The minimum atomic E-state index is -1.43. The summed E-state index contributed by atoms with van der Waals surface area (Å²) < 4.78 is 0. The summed E-state index contributed by atoms with van der Waals surface area (Å²) in [6, 6.07) is 6.24. The third kappa shape index (κ3) is 3.32. The predicted molar refractivity (Wildman–Crippen MR) is 86.8 cm³/mol. The quantitative estimate of drug-likeness (QED) is 0.415. The molecule has 2 aliphatic rings. The molecule has 0 spiro atoms. The molecular formula is C18H19N2NaO5. The Balaban J connectivity index is 0.00000243. The average molecular weight is 366 g/mol. The van der Waals surface area contributed by atoms with E-state index < -0.39 is 23.9 Å². The molecule has 0 aromatic heterocycles. The van der Waals surface area contributed by atoms with Crippen molar-refractivity contribution in [3.8, 4) is 0 Å². The van der Waals surface area contributed by atoms with Gasteiger partial charge in [0.2, 0.25) is 5.91 Å². The van der Waals surface area contributed by atoms with Crippen LogP contribution in [-0.4, -0.2) is 46.5 Å². The summed E-state index contributed by atoms with van der Waals surface area (Å²) in [5.41, 5.74) is 1.26. The third-order valence-electron chi connectivity index (χ3n) is 4.73. The van der Waals surface area contributed by atoms with Gasteiger partial charge in [0.1, 0.15) is 0 Å². The number of carbonyl (C=O) groups is 3. The second-order valence-electron chi connectivity index (χ2n) is 6.30. The predicted octanol–water partition coefficient (Wildman–Crippen LogP) is -3.49. The fourth-order valence-electron chi connectivity index (χ4n) is 3.63. The number of carboxylic acids is 1. The molecule has 3 rings (SSSR count). The number of aliphatic carboxylic acids is 1. The number of β-lactam (4-membered cyclic amide) rings is 1. The molecule has 0 saturated carbocycles. The van der Waals surface area contributed by atoms with Gasteiger partial charge in [-0.25, -0.2) is 0 Å². The van der Waals surface area contributed by atoms with Crippen molar-refractivity contribution >= 4 is 23.4 Å². The van der Waals surface area contributed by atoms with Crippen LogP contribution in [0, 0.1) is 5.92 Å². The molecule has 3 atom stereocenters. The van der Waals surface area contributed by atoms with Gasteiger partial charge in [0.05, 0.1) is 29.7 Å². The standard InChI is InChI=1S/C18H20N2O5.Na/c1-3-19-16(22)11-6-4-5-10(7-11)12-8-13-14(9(2)21)17(23)20(13)15(12)18(24)25;/h4-7,9,13-14,21H,3,8H2,1-2H3,(H,19,22)(H,24,25);/q;+1/p-1/t9-,13-,14-;/m1./s1. The van der Waals surface area contributed by atoms with Gasteiger partial charge >= 0.3 is 29.6 Å². The molecular weight excluding hydrogens is 347 g/mol. The summed E-state index contributed by atoms with van der Waals surface area (Å²) in [6.45, 7) is 3.81. The fourth-order valence-corrected chi connectivity index (χ4v) is 3.63. The van der Waals surface area contributed by atoms with E-state index >= 15 is 0 Å². The average Bonchev–Trinajstić information content (AvgIpc) is 2.90. The van der Waals surface area contributed by atoms with E-state index in [1.165, 1.54) is 11.8 Å². The number of aliphatic hydroxyl groups excluding tert-OH is 1. The Kier molecular flexibility index (Phi) is 6.29. The molecule has 1 aromatic carbocycles. The van der Waals surface area contributed by atoms with Crippen LogP contribution in [0.2, 0.25) is 0 Å². The molecule has 26 heavy (non-hydrogen) atoms. The zero-order chi connectivity index (χ0) is 18.3. The van der Waals surface area contributed by atoms with E-state index in [1.54, 1.807) is 24.3 Å². The van der Waals surface area contributed by atoms with Gasteiger partial charge in [-0.1, -0.05) is 12.1 Å². The van der Waals surface area contributed by atoms with Gasteiger partial charge in [-0.3, -0.25) is 9.59 Å². The van der Waals surface area contributed by atoms with Crippen LogP contribution in [0.5, 0.6) is 0 Å². The smallest absolute Gasteiger partial charge is 0.543 e. The number of nitrogens with zero attached hydrogens (tertiary/aromatic N) is 1.